The third kappa shape index (κ3) is 4.76. The predicted molar refractivity (Wildman–Crippen MR) is 62.8 cm³/mol. The number of alkyl halides is 1. The van der Waals surface area contributed by atoms with Crippen molar-refractivity contribution in [3.63, 3.8) is 0 Å². The van der Waals surface area contributed by atoms with Gasteiger partial charge in [0.2, 0.25) is 0 Å². The highest BCUT2D eigenvalue weighted by Crippen LogP contribution is 2.00. The third-order valence-corrected chi connectivity index (χ3v) is 2.16. The van der Waals surface area contributed by atoms with Crippen LogP contribution in [0.2, 0.25) is 0 Å². The first-order chi connectivity index (χ1) is 7.74. The lowest BCUT2D eigenvalue weighted by Gasteiger charge is -2.03. The van der Waals surface area contributed by atoms with E-state index >= 15 is 0 Å². The van der Waals surface area contributed by atoms with Crippen molar-refractivity contribution < 1.29 is 14.1 Å². The summed E-state index contributed by atoms with van der Waals surface area (Å²) in [5.74, 6) is 0.420. The molecular formula is C10H15BrN2O3. The zero-order valence-corrected chi connectivity index (χ0v) is 10.7. The average Bonchev–Trinajstić information content (AvgIpc) is 2.70. The van der Waals surface area contributed by atoms with Crippen LogP contribution in [-0.4, -0.2) is 36.2 Å². The Morgan fingerprint density at radius 3 is 3.06 bits per heavy atom. The summed E-state index contributed by atoms with van der Waals surface area (Å²) in [7, 11) is 0. The van der Waals surface area contributed by atoms with Crippen LogP contribution in [0.1, 0.15) is 22.7 Å². The standard InChI is InChI=1S/C10H15BrN2O3/c1-8-7-9(13-16-8)10(14)12-4-2-5-15-6-3-11/h7H,2-6H2,1H3,(H,12,14). The Morgan fingerprint density at radius 1 is 1.62 bits per heavy atom. The van der Waals surface area contributed by atoms with Gasteiger partial charge in [-0.1, -0.05) is 21.1 Å². The maximum atomic E-state index is 11.5. The van der Waals surface area contributed by atoms with Crippen LogP contribution in [0.5, 0.6) is 0 Å². The van der Waals surface area contributed by atoms with Crippen LogP contribution in [0.25, 0.3) is 0 Å². The van der Waals surface area contributed by atoms with E-state index in [1.165, 1.54) is 0 Å². The monoisotopic (exact) mass is 290 g/mol. The maximum Gasteiger partial charge on any atom is 0.273 e. The van der Waals surface area contributed by atoms with Crippen LogP contribution in [0, 0.1) is 6.92 Å². The van der Waals surface area contributed by atoms with Gasteiger partial charge in [-0.2, -0.15) is 0 Å². The number of aromatic nitrogens is 1. The second-order valence-corrected chi connectivity index (χ2v) is 4.03. The molecule has 5 nitrogen and oxygen atoms in total. The normalized spacial score (nSPS) is 10.4. The molecule has 16 heavy (non-hydrogen) atoms. The lowest BCUT2D eigenvalue weighted by molar-refractivity contribution is 0.0935. The van der Waals surface area contributed by atoms with Gasteiger partial charge in [0.05, 0.1) is 6.61 Å². The smallest absolute Gasteiger partial charge is 0.273 e. The van der Waals surface area contributed by atoms with Gasteiger partial charge in [0.1, 0.15) is 5.76 Å². The van der Waals surface area contributed by atoms with Gasteiger partial charge in [0, 0.05) is 24.5 Å². The molecule has 0 aliphatic carbocycles. The minimum atomic E-state index is -0.211. The van der Waals surface area contributed by atoms with Gasteiger partial charge < -0.3 is 14.6 Å². The quantitative estimate of drug-likeness (QED) is 0.611. The van der Waals surface area contributed by atoms with E-state index in [4.69, 9.17) is 9.26 Å². The molecular weight excluding hydrogens is 276 g/mol. The molecule has 1 aromatic rings. The van der Waals surface area contributed by atoms with Gasteiger partial charge in [-0.25, -0.2) is 0 Å². The minimum absolute atomic E-state index is 0.211. The molecule has 6 heteroatoms. The lowest BCUT2D eigenvalue weighted by Crippen LogP contribution is -2.25. The molecule has 1 N–H and O–H groups in total. The number of rotatable bonds is 7. The fraction of sp³-hybridized carbons (Fsp3) is 0.600. The average molecular weight is 291 g/mol. The molecule has 0 unspecified atom stereocenters. The Balaban J connectivity index is 2.11. The highest BCUT2D eigenvalue weighted by molar-refractivity contribution is 9.09. The number of hydrogen-bond acceptors (Lipinski definition) is 4. The van der Waals surface area contributed by atoms with Crippen LogP contribution < -0.4 is 5.32 Å². The van der Waals surface area contributed by atoms with Crippen molar-refractivity contribution in [2.24, 2.45) is 0 Å². The van der Waals surface area contributed by atoms with E-state index in [1.54, 1.807) is 13.0 Å². The zero-order valence-electron chi connectivity index (χ0n) is 9.16. The second kappa shape index (κ2) is 7.40. The second-order valence-electron chi connectivity index (χ2n) is 3.23. The zero-order chi connectivity index (χ0) is 11.8. The topological polar surface area (TPSA) is 64.4 Å². The van der Waals surface area contributed by atoms with Crippen molar-refractivity contribution in [1.29, 1.82) is 0 Å². The van der Waals surface area contributed by atoms with Crippen LogP contribution in [0.4, 0.5) is 0 Å². The van der Waals surface area contributed by atoms with Crippen LogP contribution in [0.15, 0.2) is 10.6 Å². The summed E-state index contributed by atoms with van der Waals surface area (Å²) < 4.78 is 10.0. The molecule has 1 aromatic heterocycles. The molecule has 1 rings (SSSR count). The predicted octanol–water partition coefficient (Wildman–Crippen LogP) is 1.51. The van der Waals surface area contributed by atoms with E-state index in [2.05, 4.69) is 26.4 Å². The number of hydrogen-bond donors (Lipinski definition) is 1. The van der Waals surface area contributed by atoms with Crippen molar-refractivity contribution in [2.45, 2.75) is 13.3 Å². The van der Waals surface area contributed by atoms with E-state index in [-0.39, 0.29) is 5.91 Å². The number of ether oxygens (including phenoxy) is 1. The van der Waals surface area contributed by atoms with E-state index in [0.29, 0.717) is 31.2 Å². The fourth-order valence-corrected chi connectivity index (χ4v) is 1.33. The molecule has 0 aliphatic heterocycles. The van der Waals surface area contributed by atoms with Gasteiger partial charge >= 0.3 is 0 Å². The Bertz CT molecular complexity index is 328. The van der Waals surface area contributed by atoms with Gasteiger partial charge in [0.25, 0.3) is 5.91 Å². The van der Waals surface area contributed by atoms with Gasteiger partial charge in [-0.3, -0.25) is 4.79 Å². The van der Waals surface area contributed by atoms with Crippen LogP contribution in [0.3, 0.4) is 0 Å². The molecule has 0 aliphatic rings. The third-order valence-electron chi connectivity index (χ3n) is 1.83. The summed E-state index contributed by atoms with van der Waals surface area (Å²) in [4.78, 5) is 11.5. The first-order valence-corrected chi connectivity index (χ1v) is 6.21. The summed E-state index contributed by atoms with van der Waals surface area (Å²) in [6.07, 6.45) is 0.787. The molecule has 0 aromatic carbocycles. The number of nitrogens with zero attached hydrogens (tertiary/aromatic N) is 1. The van der Waals surface area contributed by atoms with Crippen LogP contribution >= 0.6 is 15.9 Å². The van der Waals surface area contributed by atoms with Crippen molar-refractivity contribution in [3.05, 3.63) is 17.5 Å². The number of carbonyl (C=O) groups is 1. The minimum Gasteiger partial charge on any atom is -0.381 e. The van der Waals surface area contributed by atoms with Gasteiger partial charge in [-0.05, 0) is 13.3 Å². The molecule has 1 amide bonds. The lowest BCUT2D eigenvalue weighted by atomic mass is 10.3. The molecule has 0 bridgehead atoms. The first-order valence-electron chi connectivity index (χ1n) is 5.09. The number of amides is 1. The largest absolute Gasteiger partial charge is 0.381 e. The molecule has 90 valence electrons. The number of nitrogens with one attached hydrogen (secondary N) is 1. The van der Waals surface area contributed by atoms with Crippen molar-refractivity contribution in [1.82, 2.24) is 10.5 Å². The number of aryl methyl sites for hydroxylation is 1. The Labute approximate surface area is 103 Å². The summed E-state index contributed by atoms with van der Waals surface area (Å²) in [5, 5.41) is 7.19. The first kappa shape index (κ1) is 13.2. The molecule has 0 fully saturated rings. The van der Waals surface area contributed by atoms with Gasteiger partial charge in [-0.15, -0.1) is 0 Å². The maximum absolute atomic E-state index is 11.5. The highest BCUT2D eigenvalue weighted by atomic mass is 79.9. The number of carbonyl (C=O) groups excluding carboxylic acids is 1. The summed E-state index contributed by atoms with van der Waals surface area (Å²) in [6, 6.07) is 1.61. The van der Waals surface area contributed by atoms with Crippen molar-refractivity contribution in [2.75, 3.05) is 25.1 Å². The highest BCUT2D eigenvalue weighted by Gasteiger charge is 2.09. The molecule has 0 saturated heterocycles. The molecule has 0 saturated carbocycles. The summed E-state index contributed by atoms with van der Waals surface area (Å²) in [5.41, 5.74) is 0.318. The molecule has 0 spiro atoms. The fourth-order valence-electron chi connectivity index (χ4n) is 1.10. The molecule has 0 radical (unpaired) electrons. The summed E-state index contributed by atoms with van der Waals surface area (Å²) in [6.45, 7) is 3.66. The van der Waals surface area contributed by atoms with Crippen LogP contribution in [-0.2, 0) is 4.74 Å². The molecule has 1 heterocycles. The number of halogens is 1. The summed E-state index contributed by atoms with van der Waals surface area (Å²) >= 11 is 3.26. The molecule has 0 atom stereocenters. The van der Waals surface area contributed by atoms with E-state index in [0.717, 1.165) is 11.8 Å². The van der Waals surface area contributed by atoms with Gasteiger partial charge in [0.15, 0.2) is 5.69 Å². The Kier molecular flexibility index (Phi) is 6.10. The Morgan fingerprint density at radius 2 is 2.44 bits per heavy atom. The van der Waals surface area contributed by atoms with E-state index in [1.807, 2.05) is 0 Å². The SMILES string of the molecule is Cc1cc(C(=O)NCCCOCCBr)no1. The van der Waals surface area contributed by atoms with Crippen molar-refractivity contribution >= 4 is 21.8 Å². The van der Waals surface area contributed by atoms with E-state index < -0.39 is 0 Å². The van der Waals surface area contributed by atoms with Crippen molar-refractivity contribution in [3.8, 4) is 0 Å². The van der Waals surface area contributed by atoms with E-state index in [9.17, 15) is 4.79 Å². The Hall–Kier alpha value is -0.880.